The van der Waals surface area contributed by atoms with Gasteiger partial charge in [0.1, 0.15) is 17.5 Å². The van der Waals surface area contributed by atoms with Crippen LogP contribution in [0.25, 0.3) is 28.1 Å². The van der Waals surface area contributed by atoms with Crippen molar-refractivity contribution in [1.29, 1.82) is 0 Å². The summed E-state index contributed by atoms with van der Waals surface area (Å²) in [6.07, 6.45) is 3.69. The maximum Gasteiger partial charge on any atom is 0.277 e. The van der Waals surface area contributed by atoms with E-state index >= 15 is 0 Å². The fourth-order valence-corrected chi connectivity index (χ4v) is 4.47. The molecule has 1 aliphatic carbocycles. The lowest BCUT2D eigenvalue weighted by Crippen LogP contribution is -2.39. The van der Waals surface area contributed by atoms with Crippen molar-refractivity contribution in [2.24, 2.45) is 0 Å². The molecule has 0 unspecified atom stereocenters. The second kappa shape index (κ2) is 7.40. The highest BCUT2D eigenvalue weighted by Crippen LogP contribution is 2.47. The Morgan fingerprint density at radius 2 is 1.97 bits per heavy atom. The zero-order valence-electron chi connectivity index (χ0n) is 17.8. The van der Waals surface area contributed by atoms with Crippen LogP contribution in [0.1, 0.15) is 25.7 Å². The van der Waals surface area contributed by atoms with E-state index in [1.54, 1.807) is 15.3 Å². The number of ether oxygens (including phenoxy) is 1. The Morgan fingerprint density at radius 3 is 2.75 bits per heavy atom. The van der Waals surface area contributed by atoms with Gasteiger partial charge in [0, 0.05) is 36.6 Å². The van der Waals surface area contributed by atoms with E-state index < -0.39 is 0 Å². The maximum atomic E-state index is 13.7. The van der Waals surface area contributed by atoms with Crippen molar-refractivity contribution in [2.45, 2.75) is 31.7 Å². The second-order valence-corrected chi connectivity index (χ2v) is 9.28. The van der Waals surface area contributed by atoms with Crippen LogP contribution in [0, 0.1) is 0 Å². The molecule has 9 nitrogen and oxygen atoms in total. The molecule has 0 radical (unpaired) electrons. The summed E-state index contributed by atoms with van der Waals surface area (Å²) in [5.74, 6) is 0.953. The minimum absolute atomic E-state index is 0.0530. The summed E-state index contributed by atoms with van der Waals surface area (Å²) in [5, 5.41) is 4.73. The standard InChI is InChI=1S/C22H23ClN6O3/c1-22(4-5-22)21-25-19(26-32-21)17-18-20(30)28(7-6-27-8-10-31-11-9-27)16-12-14(23)2-3-15(16)29(18)13-24-17/h2-3,12-13H,4-11H2,1H3. The molecule has 1 saturated heterocycles. The Kier molecular flexibility index (Phi) is 4.60. The van der Waals surface area contributed by atoms with Crippen molar-refractivity contribution in [3.05, 3.63) is 45.8 Å². The lowest BCUT2D eigenvalue weighted by atomic mass is 10.1. The molecule has 0 atom stereocenters. The number of aromatic nitrogens is 5. The molecule has 4 heterocycles. The molecule has 0 spiro atoms. The molecule has 0 bridgehead atoms. The van der Waals surface area contributed by atoms with Crippen molar-refractivity contribution in [3.8, 4) is 11.5 Å². The number of hydrogen-bond donors (Lipinski definition) is 0. The molecule has 0 amide bonds. The molecule has 10 heteroatoms. The quantitative estimate of drug-likeness (QED) is 0.458. The number of rotatable bonds is 5. The van der Waals surface area contributed by atoms with E-state index in [9.17, 15) is 4.79 Å². The number of benzene rings is 1. The van der Waals surface area contributed by atoms with Gasteiger partial charge in [-0.05, 0) is 31.0 Å². The molecule has 32 heavy (non-hydrogen) atoms. The van der Waals surface area contributed by atoms with E-state index in [1.807, 2.05) is 18.2 Å². The third kappa shape index (κ3) is 3.23. The third-order valence-corrected chi connectivity index (χ3v) is 6.84. The maximum absolute atomic E-state index is 13.7. The van der Waals surface area contributed by atoms with E-state index in [1.165, 1.54) is 0 Å². The fraction of sp³-hybridized carbons (Fsp3) is 0.455. The number of fused-ring (bicyclic) bond motifs is 3. The minimum atomic E-state index is -0.149. The first kappa shape index (κ1) is 19.9. The smallest absolute Gasteiger partial charge is 0.277 e. The topological polar surface area (TPSA) is 90.7 Å². The summed E-state index contributed by atoms with van der Waals surface area (Å²) in [6, 6.07) is 5.56. The van der Waals surface area contributed by atoms with Crippen molar-refractivity contribution in [2.75, 3.05) is 32.8 Å². The lowest BCUT2D eigenvalue weighted by Gasteiger charge is -2.27. The molecule has 3 aromatic heterocycles. The molecule has 1 aliphatic heterocycles. The van der Waals surface area contributed by atoms with Gasteiger partial charge in [-0.25, -0.2) is 4.98 Å². The molecule has 2 fully saturated rings. The van der Waals surface area contributed by atoms with Crippen LogP contribution in [-0.4, -0.2) is 61.8 Å². The van der Waals surface area contributed by atoms with Gasteiger partial charge in [0.05, 0.1) is 24.2 Å². The summed E-state index contributed by atoms with van der Waals surface area (Å²) in [5.41, 5.74) is 2.29. The summed E-state index contributed by atoms with van der Waals surface area (Å²) in [4.78, 5) is 25.1. The molecular weight excluding hydrogens is 432 g/mol. The van der Waals surface area contributed by atoms with Crippen molar-refractivity contribution >= 4 is 28.2 Å². The molecule has 1 aromatic carbocycles. The van der Waals surface area contributed by atoms with Gasteiger partial charge >= 0.3 is 0 Å². The number of morpholine rings is 1. The second-order valence-electron chi connectivity index (χ2n) is 8.84. The van der Waals surface area contributed by atoms with Crippen molar-refractivity contribution in [1.82, 2.24) is 29.0 Å². The van der Waals surface area contributed by atoms with Gasteiger partial charge < -0.3 is 13.8 Å². The monoisotopic (exact) mass is 454 g/mol. The van der Waals surface area contributed by atoms with Gasteiger partial charge in [-0.2, -0.15) is 4.98 Å². The van der Waals surface area contributed by atoms with Crippen molar-refractivity contribution in [3.63, 3.8) is 0 Å². The van der Waals surface area contributed by atoms with Crippen LogP contribution in [0.5, 0.6) is 0 Å². The molecule has 4 aromatic rings. The van der Waals surface area contributed by atoms with E-state index in [0.717, 1.165) is 43.5 Å². The summed E-state index contributed by atoms with van der Waals surface area (Å²) in [6.45, 7) is 6.53. The molecule has 0 N–H and O–H groups in total. The highest BCUT2D eigenvalue weighted by molar-refractivity contribution is 6.31. The Morgan fingerprint density at radius 1 is 1.16 bits per heavy atom. The number of hydrogen-bond acceptors (Lipinski definition) is 7. The van der Waals surface area contributed by atoms with Crippen LogP contribution in [0.15, 0.2) is 33.8 Å². The molecule has 2 aliphatic rings. The highest BCUT2D eigenvalue weighted by Gasteiger charge is 2.44. The van der Waals surface area contributed by atoms with E-state index in [2.05, 4.69) is 26.9 Å². The number of imidazole rings is 1. The lowest BCUT2D eigenvalue weighted by molar-refractivity contribution is 0.0364. The fourth-order valence-electron chi connectivity index (χ4n) is 4.31. The van der Waals surface area contributed by atoms with Crippen LogP contribution in [0.4, 0.5) is 0 Å². The Balaban J connectivity index is 1.49. The van der Waals surface area contributed by atoms with Gasteiger partial charge in [0.2, 0.25) is 11.7 Å². The third-order valence-electron chi connectivity index (χ3n) is 6.60. The predicted molar refractivity (Wildman–Crippen MR) is 119 cm³/mol. The first-order chi connectivity index (χ1) is 15.5. The van der Waals surface area contributed by atoms with Crippen LogP contribution >= 0.6 is 11.6 Å². The predicted octanol–water partition coefficient (Wildman–Crippen LogP) is 2.74. The molecule has 1 saturated carbocycles. The average Bonchev–Trinajstić information content (AvgIpc) is 3.19. The Labute approximate surface area is 188 Å². The normalized spacial score (nSPS) is 18.6. The SMILES string of the molecule is CC1(c2nc(-c3ncn4c3c(=O)n(CCN3CCOCC3)c3cc(Cl)ccc34)no2)CC1. The first-order valence-corrected chi connectivity index (χ1v) is 11.3. The van der Waals surface area contributed by atoms with Gasteiger partial charge in [0.25, 0.3) is 5.56 Å². The molecular formula is C22H23ClN6O3. The minimum Gasteiger partial charge on any atom is -0.379 e. The van der Waals surface area contributed by atoms with E-state index in [4.69, 9.17) is 20.9 Å². The van der Waals surface area contributed by atoms with Crippen LogP contribution in [-0.2, 0) is 16.7 Å². The summed E-state index contributed by atoms with van der Waals surface area (Å²) < 4.78 is 14.5. The average molecular weight is 455 g/mol. The van der Waals surface area contributed by atoms with Crippen LogP contribution in [0.2, 0.25) is 5.02 Å². The van der Waals surface area contributed by atoms with Crippen LogP contribution < -0.4 is 5.56 Å². The summed E-state index contributed by atoms with van der Waals surface area (Å²) >= 11 is 6.30. The van der Waals surface area contributed by atoms with Gasteiger partial charge in [-0.15, -0.1) is 0 Å². The number of halogens is 1. The number of nitrogens with zero attached hydrogens (tertiary/aromatic N) is 6. The van der Waals surface area contributed by atoms with Gasteiger partial charge in [-0.1, -0.05) is 23.7 Å². The van der Waals surface area contributed by atoms with Gasteiger partial charge in [0.15, 0.2) is 0 Å². The summed E-state index contributed by atoms with van der Waals surface area (Å²) in [7, 11) is 0. The van der Waals surface area contributed by atoms with Crippen LogP contribution in [0.3, 0.4) is 0 Å². The highest BCUT2D eigenvalue weighted by atomic mass is 35.5. The first-order valence-electron chi connectivity index (χ1n) is 10.9. The molecule has 166 valence electrons. The van der Waals surface area contributed by atoms with E-state index in [0.29, 0.717) is 47.7 Å². The molecule has 6 rings (SSSR count). The van der Waals surface area contributed by atoms with Gasteiger partial charge in [-0.3, -0.25) is 14.1 Å². The zero-order valence-corrected chi connectivity index (χ0v) is 18.5. The largest absolute Gasteiger partial charge is 0.379 e. The Bertz CT molecular complexity index is 1380. The van der Waals surface area contributed by atoms with Crippen molar-refractivity contribution < 1.29 is 9.26 Å². The Hall–Kier alpha value is -2.75. The van der Waals surface area contributed by atoms with E-state index in [-0.39, 0.29) is 11.0 Å². The zero-order chi connectivity index (χ0) is 21.9.